The molecule has 0 saturated carbocycles. The molecular weight excluding hydrogens is 512 g/mol. The van der Waals surface area contributed by atoms with Crippen molar-refractivity contribution >= 4 is 10.9 Å². The number of aromatic nitrogens is 1. The van der Waals surface area contributed by atoms with Crippen molar-refractivity contribution in [2.75, 3.05) is 39.5 Å². The predicted octanol–water partition coefficient (Wildman–Crippen LogP) is 4.97. The smallest absolute Gasteiger partial charge is 0.283 e. The molecule has 2 atom stereocenters. The molecule has 3 aromatic rings. The average molecular weight is 542 g/mol. The minimum atomic E-state index is -3.52. The Bertz CT molecular complexity index is 1290. The van der Waals surface area contributed by atoms with Gasteiger partial charge in [-0.25, -0.2) is 22.0 Å². The zero-order chi connectivity index (χ0) is 27.2. The average Bonchev–Trinajstić information content (AvgIpc) is 3.18. The van der Waals surface area contributed by atoms with Gasteiger partial charge in [0, 0.05) is 60.0 Å². The SMILES string of the molecule is C[C@@H]1Cc2c([nH]c3ccc(F)cc23)[C@@H](c2c(F)cc(OC3CN(CCCF)C3)cc2F)N1CC(F)(F)CO. The summed E-state index contributed by atoms with van der Waals surface area (Å²) in [5.74, 6) is -5.98. The minimum Gasteiger partial charge on any atom is -0.488 e. The predicted molar refractivity (Wildman–Crippen MR) is 130 cm³/mol. The van der Waals surface area contributed by atoms with E-state index in [9.17, 15) is 22.7 Å². The number of likely N-dealkylation sites (tertiary alicyclic amines) is 1. The van der Waals surface area contributed by atoms with Gasteiger partial charge in [0.2, 0.25) is 0 Å². The molecule has 0 aliphatic carbocycles. The number of ether oxygens (including phenoxy) is 1. The van der Waals surface area contributed by atoms with E-state index in [4.69, 9.17) is 4.74 Å². The Kier molecular flexibility index (Phi) is 7.36. The van der Waals surface area contributed by atoms with Crippen molar-refractivity contribution in [2.45, 2.75) is 43.9 Å². The summed E-state index contributed by atoms with van der Waals surface area (Å²) in [4.78, 5) is 6.31. The number of hydrogen-bond acceptors (Lipinski definition) is 4. The lowest BCUT2D eigenvalue weighted by Crippen LogP contribution is -2.53. The molecule has 2 N–H and O–H groups in total. The lowest BCUT2D eigenvalue weighted by Gasteiger charge is -2.42. The topological polar surface area (TPSA) is 51.7 Å². The standard InChI is InChI=1S/C27H29F6N3O2/c1-15-7-20-19-8-16(29)3-4-23(19)34-25(20)26(36(15)13-27(32,33)14-37)24-21(30)9-17(10-22(24)31)38-18-11-35(12-18)6-2-5-28/h3-4,8-10,15,18,26,34,37H,2,5-7,11-14H2,1H3/t15-,26-/m1/s1. The third kappa shape index (κ3) is 5.11. The number of rotatable bonds is 9. The number of hydrogen-bond donors (Lipinski definition) is 2. The Morgan fingerprint density at radius 2 is 1.82 bits per heavy atom. The van der Waals surface area contributed by atoms with E-state index in [1.807, 2.05) is 4.90 Å². The van der Waals surface area contributed by atoms with Gasteiger partial charge in [0.05, 0.1) is 19.3 Å². The van der Waals surface area contributed by atoms with Crippen molar-refractivity contribution in [3.8, 4) is 5.75 Å². The van der Waals surface area contributed by atoms with Crippen LogP contribution in [0, 0.1) is 17.5 Å². The highest BCUT2D eigenvalue weighted by atomic mass is 19.3. The number of halogens is 6. The Morgan fingerprint density at radius 3 is 2.47 bits per heavy atom. The van der Waals surface area contributed by atoms with E-state index in [2.05, 4.69) is 4.98 Å². The molecule has 5 nitrogen and oxygen atoms in total. The molecule has 2 aliphatic heterocycles. The van der Waals surface area contributed by atoms with Crippen LogP contribution >= 0.6 is 0 Å². The Morgan fingerprint density at radius 1 is 1.11 bits per heavy atom. The first kappa shape index (κ1) is 26.8. The third-order valence-corrected chi connectivity index (χ3v) is 7.38. The maximum Gasteiger partial charge on any atom is 0.283 e. The van der Waals surface area contributed by atoms with Crippen LogP contribution in [0.4, 0.5) is 26.3 Å². The molecule has 3 heterocycles. The highest BCUT2D eigenvalue weighted by Gasteiger charge is 2.43. The van der Waals surface area contributed by atoms with E-state index in [0.29, 0.717) is 48.2 Å². The van der Waals surface area contributed by atoms with E-state index < -0.39 is 60.8 Å². The first-order valence-electron chi connectivity index (χ1n) is 12.6. The minimum absolute atomic E-state index is 0.0334. The monoisotopic (exact) mass is 541 g/mol. The number of fused-ring (bicyclic) bond motifs is 3. The van der Waals surface area contributed by atoms with Crippen LogP contribution in [0.5, 0.6) is 5.75 Å². The second kappa shape index (κ2) is 10.4. The first-order valence-corrected chi connectivity index (χ1v) is 12.6. The lowest BCUT2D eigenvalue weighted by atomic mass is 9.87. The van der Waals surface area contributed by atoms with E-state index in [1.54, 1.807) is 6.92 Å². The summed E-state index contributed by atoms with van der Waals surface area (Å²) in [5.41, 5.74) is 0.977. The van der Waals surface area contributed by atoms with Crippen molar-refractivity contribution in [3.05, 3.63) is 64.6 Å². The summed E-state index contributed by atoms with van der Waals surface area (Å²) in [5, 5.41) is 9.74. The van der Waals surface area contributed by atoms with Crippen LogP contribution in [-0.4, -0.2) is 77.4 Å². The van der Waals surface area contributed by atoms with Crippen molar-refractivity contribution in [2.24, 2.45) is 0 Å². The number of aliphatic hydroxyl groups excluding tert-OH is 1. The van der Waals surface area contributed by atoms with Crippen LogP contribution in [0.1, 0.15) is 36.2 Å². The number of aromatic amines is 1. The van der Waals surface area contributed by atoms with Gasteiger partial charge in [-0.15, -0.1) is 0 Å². The fourth-order valence-corrected chi connectivity index (χ4v) is 5.55. The van der Waals surface area contributed by atoms with E-state index in [0.717, 1.165) is 12.1 Å². The molecule has 11 heteroatoms. The fraction of sp³-hybridized carbons (Fsp3) is 0.481. The Labute approximate surface area is 216 Å². The highest BCUT2D eigenvalue weighted by Crippen LogP contribution is 2.44. The largest absolute Gasteiger partial charge is 0.488 e. The molecule has 38 heavy (non-hydrogen) atoms. The van der Waals surface area contributed by atoms with Crippen LogP contribution in [0.15, 0.2) is 30.3 Å². The summed E-state index contributed by atoms with van der Waals surface area (Å²) in [6.07, 6.45) is 0.337. The fourth-order valence-electron chi connectivity index (χ4n) is 5.55. The van der Waals surface area contributed by atoms with Crippen LogP contribution < -0.4 is 4.74 Å². The van der Waals surface area contributed by atoms with Crippen LogP contribution in [-0.2, 0) is 6.42 Å². The van der Waals surface area contributed by atoms with Gasteiger partial charge in [-0.2, -0.15) is 0 Å². The summed E-state index contributed by atoms with van der Waals surface area (Å²) in [6, 6.07) is 4.23. The van der Waals surface area contributed by atoms with Gasteiger partial charge in [-0.3, -0.25) is 14.2 Å². The van der Waals surface area contributed by atoms with Gasteiger partial charge in [0.25, 0.3) is 5.92 Å². The maximum absolute atomic E-state index is 15.6. The number of alkyl halides is 3. The molecule has 1 aromatic heterocycles. The van der Waals surface area contributed by atoms with Gasteiger partial charge in [-0.1, -0.05) is 0 Å². The normalized spacial score (nSPS) is 21.1. The van der Waals surface area contributed by atoms with Crippen LogP contribution in [0.2, 0.25) is 0 Å². The van der Waals surface area contributed by atoms with Crippen molar-refractivity contribution in [1.29, 1.82) is 0 Å². The maximum atomic E-state index is 15.6. The molecule has 0 radical (unpaired) electrons. The number of nitrogens with zero attached hydrogens (tertiary/aromatic N) is 2. The Hall–Kier alpha value is -2.76. The number of aliphatic hydroxyl groups is 1. The number of benzene rings is 2. The van der Waals surface area contributed by atoms with E-state index >= 15 is 8.78 Å². The molecule has 0 unspecified atom stereocenters. The van der Waals surface area contributed by atoms with E-state index in [1.165, 1.54) is 23.1 Å². The zero-order valence-corrected chi connectivity index (χ0v) is 20.8. The van der Waals surface area contributed by atoms with Crippen molar-refractivity contribution in [3.63, 3.8) is 0 Å². The summed E-state index contributed by atoms with van der Waals surface area (Å²) >= 11 is 0. The molecule has 1 fully saturated rings. The lowest BCUT2D eigenvalue weighted by molar-refractivity contribution is -0.0869. The number of nitrogens with one attached hydrogen (secondary N) is 1. The summed E-state index contributed by atoms with van der Waals surface area (Å²) < 4.78 is 92.2. The summed E-state index contributed by atoms with van der Waals surface area (Å²) in [7, 11) is 0. The summed E-state index contributed by atoms with van der Waals surface area (Å²) in [6.45, 7) is 0.451. The van der Waals surface area contributed by atoms with Gasteiger partial charge in [-0.05, 0) is 43.5 Å². The second-order valence-corrected chi connectivity index (χ2v) is 10.2. The second-order valence-electron chi connectivity index (χ2n) is 10.2. The van der Waals surface area contributed by atoms with Gasteiger partial charge >= 0.3 is 0 Å². The third-order valence-electron chi connectivity index (χ3n) is 7.38. The van der Waals surface area contributed by atoms with Crippen LogP contribution in [0.3, 0.4) is 0 Å². The zero-order valence-electron chi connectivity index (χ0n) is 20.8. The van der Waals surface area contributed by atoms with Crippen LogP contribution in [0.25, 0.3) is 10.9 Å². The molecule has 5 rings (SSSR count). The van der Waals surface area contributed by atoms with Gasteiger partial charge in [0.1, 0.15) is 35.9 Å². The molecule has 2 aliphatic rings. The molecule has 206 valence electrons. The van der Waals surface area contributed by atoms with Gasteiger partial charge in [0.15, 0.2) is 0 Å². The molecule has 0 amide bonds. The van der Waals surface area contributed by atoms with E-state index in [-0.39, 0.29) is 18.3 Å². The van der Waals surface area contributed by atoms with Crippen molar-refractivity contribution < 1.29 is 36.2 Å². The first-order chi connectivity index (χ1) is 18.1. The Balaban J connectivity index is 1.52. The quantitative estimate of drug-likeness (QED) is 0.376. The molecule has 2 aromatic carbocycles. The molecular formula is C27H29F6N3O2. The molecule has 1 saturated heterocycles. The number of H-pyrrole nitrogens is 1. The molecule has 0 bridgehead atoms. The highest BCUT2D eigenvalue weighted by molar-refractivity contribution is 5.85. The van der Waals surface area contributed by atoms with Gasteiger partial charge < -0.3 is 14.8 Å². The molecule has 0 spiro atoms. The van der Waals surface area contributed by atoms with Crippen molar-refractivity contribution in [1.82, 2.24) is 14.8 Å².